The van der Waals surface area contributed by atoms with Gasteiger partial charge in [-0.25, -0.2) is 4.98 Å². The monoisotopic (exact) mass is 880 g/mol. The molecule has 0 bridgehead atoms. The molecule has 6 heteroatoms. The van der Waals surface area contributed by atoms with E-state index < -0.39 is 0 Å². The molecule has 0 aliphatic heterocycles. The summed E-state index contributed by atoms with van der Waals surface area (Å²) in [5.41, 5.74) is 14.9. The van der Waals surface area contributed by atoms with E-state index in [9.17, 15) is 0 Å². The highest BCUT2D eigenvalue weighted by Gasteiger charge is 2.28. The number of hydrogen-bond acceptors (Lipinski definition) is 3. The first kappa shape index (κ1) is 38.8. The molecular weight excluding hydrogens is 841 g/mol. The standard InChI is InChI=1S/C63H40N6/c1-4-20-41(21-5-1)44-26-18-28-46(38-44)62-64-61(43-24-8-3-9-25-43)65-63(66-62)69-56-37-17-13-33-51(56)58-57(68-54-35-15-10-30-48(54)49-31-11-16-36-55(49)68)40-52-50-32-12-14-34-53(50)67(59(52)60(58)69)47-29-19-27-45(39-47)42-22-6-2-7-23-42/h1-40H. The lowest BCUT2D eigenvalue weighted by atomic mass is 10.0. The summed E-state index contributed by atoms with van der Waals surface area (Å²) in [5.74, 6) is 1.72. The molecule has 0 unspecified atom stereocenters. The van der Waals surface area contributed by atoms with Crippen LogP contribution in [0.4, 0.5) is 0 Å². The molecule has 0 radical (unpaired) electrons. The lowest BCUT2D eigenvalue weighted by molar-refractivity contribution is 0.953. The van der Waals surface area contributed by atoms with Crippen LogP contribution in [0.1, 0.15) is 0 Å². The summed E-state index contributed by atoms with van der Waals surface area (Å²) in [5, 5.41) is 6.88. The number of fused-ring (bicyclic) bond motifs is 10. The van der Waals surface area contributed by atoms with Crippen LogP contribution in [0.15, 0.2) is 243 Å². The molecule has 0 saturated carbocycles. The van der Waals surface area contributed by atoms with Gasteiger partial charge in [0.1, 0.15) is 0 Å². The van der Waals surface area contributed by atoms with Gasteiger partial charge in [0.25, 0.3) is 0 Å². The summed E-state index contributed by atoms with van der Waals surface area (Å²) < 4.78 is 7.22. The topological polar surface area (TPSA) is 53.5 Å². The highest BCUT2D eigenvalue weighted by atomic mass is 15.2. The Morgan fingerprint density at radius 3 is 1.30 bits per heavy atom. The molecule has 10 aromatic carbocycles. The smallest absolute Gasteiger partial charge is 0.238 e. The Balaban J connectivity index is 1.17. The maximum Gasteiger partial charge on any atom is 0.238 e. The Labute approximate surface area is 397 Å². The molecule has 14 aromatic rings. The molecule has 0 aliphatic rings. The van der Waals surface area contributed by atoms with E-state index in [1.165, 1.54) is 10.8 Å². The van der Waals surface area contributed by atoms with Crippen molar-refractivity contribution in [3.05, 3.63) is 243 Å². The molecule has 4 heterocycles. The van der Waals surface area contributed by atoms with Crippen molar-refractivity contribution in [2.45, 2.75) is 0 Å². The van der Waals surface area contributed by atoms with Crippen LogP contribution in [-0.2, 0) is 0 Å². The molecule has 6 nitrogen and oxygen atoms in total. The molecule has 322 valence electrons. The third kappa shape index (κ3) is 6.16. The van der Waals surface area contributed by atoms with E-state index in [-0.39, 0.29) is 0 Å². The average Bonchev–Trinajstić information content (AvgIpc) is 4.08. The minimum absolute atomic E-state index is 0.533. The fraction of sp³-hybridized carbons (Fsp3) is 0. The Morgan fingerprint density at radius 2 is 0.696 bits per heavy atom. The first-order valence-electron chi connectivity index (χ1n) is 23.4. The molecule has 69 heavy (non-hydrogen) atoms. The van der Waals surface area contributed by atoms with Crippen molar-refractivity contribution in [1.82, 2.24) is 28.7 Å². The van der Waals surface area contributed by atoms with Crippen LogP contribution in [0.3, 0.4) is 0 Å². The Morgan fingerprint density at radius 1 is 0.261 bits per heavy atom. The predicted octanol–water partition coefficient (Wildman–Crippen LogP) is 15.8. The maximum atomic E-state index is 5.54. The normalized spacial score (nSPS) is 11.8. The van der Waals surface area contributed by atoms with Crippen LogP contribution in [-0.4, -0.2) is 28.7 Å². The van der Waals surface area contributed by atoms with Crippen LogP contribution in [0.25, 0.3) is 128 Å². The number of aromatic nitrogens is 6. The number of rotatable bonds is 7. The van der Waals surface area contributed by atoms with Crippen molar-refractivity contribution in [3.63, 3.8) is 0 Å². The van der Waals surface area contributed by atoms with Crippen molar-refractivity contribution < 1.29 is 0 Å². The summed E-state index contributed by atoms with van der Waals surface area (Å²) in [6.07, 6.45) is 0. The summed E-state index contributed by atoms with van der Waals surface area (Å²) in [6, 6.07) is 86.3. The van der Waals surface area contributed by atoms with Crippen LogP contribution < -0.4 is 0 Å². The highest BCUT2D eigenvalue weighted by molar-refractivity contribution is 6.27. The number of benzene rings is 10. The maximum absolute atomic E-state index is 5.54. The van der Waals surface area contributed by atoms with Gasteiger partial charge < -0.3 is 9.13 Å². The van der Waals surface area contributed by atoms with Gasteiger partial charge in [0.05, 0.1) is 38.8 Å². The van der Waals surface area contributed by atoms with Crippen LogP contribution in [0.5, 0.6) is 0 Å². The van der Waals surface area contributed by atoms with Crippen molar-refractivity contribution in [1.29, 1.82) is 0 Å². The lowest BCUT2D eigenvalue weighted by Crippen LogP contribution is -2.07. The van der Waals surface area contributed by atoms with Crippen molar-refractivity contribution in [2.75, 3.05) is 0 Å². The SMILES string of the molecule is c1ccc(-c2cccc(-c3nc(-c4ccccc4)nc(-n4c5ccccc5c5c(-n6c7ccccc7c7ccccc76)cc6c7ccccc7n(-c7cccc(-c8ccccc8)c7)c6c54)n3)c2)cc1. The van der Waals surface area contributed by atoms with Gasteiger partial charge >= 0.3 is 0 Å². The van der Waals surface area contributed by atoms with Gasteiger partial charge in [-0.1, -0.05) is 194 Å². The van der Waals surface area contributed by atoms with Gasteiger partial charge in [-0.3, -0.25) is 4.57 Å². The highest BCUT2D eigenvalue weighted by Crippen LogP contribution is 2.46. The van der Waals surface area contributed by atoms with Gasteiger partial charge in [-0.05, 0) is 70.8 Å². The van der Waals surface area contributed by atoms with Gasteiger partial charge in [0.2, 0.25) is 5.95 Å². The van der Waals surface area contributed by atoms with Crippen LogP contribution >= 0.6 is 0 Å². The third-order valence-corrected chi connectivity index (χ3v) is 13.7. The van der Waals surface area contributed by atoms with E-state index in [1.54, 1.807) is 0 Å². The molecule has 0 N–H and O–H groups in total. The van der Waals surface area contributed by atoms with Crippen molar-refractivity contribution >= 4 is 65.4 Å². The fourth-order valence-electron chi connectivity index (χ4n) is 10.6. The summed E-state index contributed by atoms with van der Waals surface area (Å²) >= 11 is 0. The number of hydrogen-bond donors (Lipinski definition) is 0. The molecule has 14 rings (SSSR count). The third-order valence-electron chi connectivity index (χ3n) is 13.7. The van der Waals surface area contributed by atoms with Crippen LogP contribution in [0, 0.1) is 0 Å². The molecule has 0 amide bonds. The predicted molar refractivity (Wildman–Crippen MR) is 285 cm³/mol. The van der Waals surface area contributed by atoms with E-state index >= 15 is 0 Å². The Kier molecular flexibility index (Phi) is 8.79. The summed E-state index contributed by atoms with van der Waals surface area (Å²) in [6.45, 7) is 0. The summed E-state index contributed by atoms with van der Waals surface area (Å²) in [4.78, 5) is 16.3. The second-order valence-electron chi connectivity index (χ2n) is 17.6. The zero-order valence-electron chi connectivity index (χ0n) is 37.3. The Bertz CT molecular complexity index is 4240. The average molecular weight is 881 g/mol. The minimum Gasteiger partial charge on any atom is -0.309 e. The fourth-order valence-corrected chi connectivity index (χ4v) is 10.6. The molecule has 0 saturated heterocycles. The molecule has 0 atom stereocenters. The first-order chi connectivity index (χ1) is 34.2. The van der Waals surface area contributed by atoms with Gasteiger partial charge in [0.15, 0.2) is 11.6 Å². The van der Waals surface area contributed by atoms with Crippen molar-refractivity contribution in [2.24, 2.45) is 0 Å². The molecule has 4 aromatic heterocycles. The van der Waals surface area contributed by atoms with E-state index in [4.69, 9.17) is 15.0 Å². The van der Waals surface area contributed by atoms with Gasteiger partial charge in [-0.2, -0.15) is 9.97 Å². The van der Waals surface area contributed by atoms with Gasteiger partial charge in [0, 0.05) is 49.1 Å². The van der Waals surface area contributed by atoms with E-state index in [0.29, 0.717) is 17.6 Å². The largest absolute Gasteiger partial charge is 0.309 e. The zero-order chi connectivity index (χ0) is 45.4. The van der Waals surface area contributed by atoms with Crippen LogP contribution in [0.2, 0.25) is 0 Å². The molecular formula is C63H40N6. The number of para-hydroxylation sites is 4. The molecule has 0 aliphatic carbocycles. The van der Waals surface area contributed by atoms with E-state index in [2.05, 4.69) is 232 Å². The molecule has 0 spiro atoms. The van der Waals surface area contributed by atoms with E-state index in [1.807, 2.05) is 24.3 Å². The molecule has 0 fully saturated rings. The Hall–Kier alpha value is -9.39. The second-order valence-corrected chi connectivity index (χ2v) is 17.6. The lowest BCUT2D eigenvalue weighted by Gasteiger charge is -2.16. The first-order valence-corrected chi connectivity index (χ1v) is 23.4. The van der Waals surface area contributed by atoms with Gasteiger partial charge in [-0.15, -0.1) is 0 Å². The quantitative estimate of drug-likeness (QED) is 0.160. The second kappa shape index (κ2) is 15.6. The van der Waals surface area contributed by atoms with E-state index in [0.717, 1.165) is 99.4 Å². The zero-order valence-corrected chi connectivity index (χ0v) is 37.3. The summed E-state index contributed by atoms with van der Waals surface area (Å²) in [7, 11) is 0. The minimum atomic E-state index is 0.533. The number of nitrogens with zero attached hydrogens (tertiary/aromatic N) is 6. The van der Waals surface area contributed by atoms with Crippen molar-refractivity contribution in [3.8, 4) is 62.4 Å².